The topological polar surface area (TPSA) is 54.9 Å². The molecule has 0 spiro atoms. The Kier molecular flexibility index (Phi) is 4.87. The van der Waals surface area contributed by atoms with E-state index in [1.807, 2.05) is 49.4 Å². The van der Waals surface area contributed by atoms with Gasteiger partial charge >= 0.3 is 0 Å². The van der Waals surface area contributed by atoms with Crippen LogP contribution in [0.2, 0.25) is 5.02 Å². The molecule has 3 rings (SSSR count). The highest BCUT2D eigenvalue weighted by atomic mass is 35.5. The van der Waals surface area contributed by atoms with Gasteiger partial charge in [0.1, 0.15) is 12.0 Å². The lowest BCUT2D eigenvalue weighted by atomic mass is 10.1. The van der Waals surface area contributed by atoms with Crippen molar-refractivity contribution in [3.8, 4) is 11.3 Å². The monoisotopic (exact) mass is 337 g/mol. The second-order valence-corrected chi connectivity index (χ2v) is 5.84. The first-order valence-electron chi connectivity index (χ1n) is 7.57. The lowest BCUT2D eigenvalue weighted by Gasteiger charge is -2.14. The van der Waals surface area contributed by atoms with Crippen molar-refractivity contribution in [1.82, 2.24) is 15.3 Å². The third-order valence-electron chi connectivity index (χ3n) is 3.67. The third kappa shape index (κ3) is 3.78. The van der Waals surface area contributed by atoms with E-state index in [0.29, 0.717) is 16.4 Å². The quantitative estimate of drug-likeness (QED) is 0.772. The van der Waals surface area contributed by atoms with Crippen molar-refractivity contribution in [3.63, 3.8) is 0 Å². The van der Waals surface area contributed by atoms with Gasteiger partial charge in [0.15, 0.2) is 0 Å². The number of aromatic nitrogens is 2. The number of carbonyl (C=O) groups excluding carboxylic acids is 1. The van der Waals surface area contributed by atoms with Crippen LogP contribution >= 0.6 is 11.6 Å². The Morgan fingerprint density at radius 2 is 1.83 bits per heavy atom. The Labute approximate surface area is 145 Å². The van der Waals surface area contributed by atoms with Gasteiger partial charge in [0, 0.05) is 10.6 Å². The van der Waals surface area contributed by atoms with Gasteiger partial charge in [0.25, 0.3) is 5.91 Å². The van der Waals surface area contributed by atoms with Gasteiger partial charge in [-0.25, -0.2) is 9.97 Å². The zero-order valence-electron chi connectivity index (χ0n) is 13.1. The number of halogens is 1. The Balaban J connectivity index is 1.80. The first-order chi connectivity index (χ1) is 11.6. The molecule has 1 amide bonds. The van der Waals surface area contributed by atoms with E-state index in [9.17, 15) is 4.79 Å². The minimum atomic E-state index is -0.239. The number of benzene rings is 2. The summed E-state index contributed by atoms with van der Waals surface area (Å²) in [6.45, 7) is 1.94. The standard InChI is InChI=1S/C19H16ClN3O/c1-13(14-6-3-2-4-7-14)23-19(24)18-11-17(21-12-22-18)15-8-5-9-16(20)10-15/h2-13H,1H3,(H,23,24). The van der Waals surface area contributed by atoms with E-state index in [1.165, 1.54) is 6.33 Å². The lowest BCUT2D eigenvalue weighted by Crippen LogP contribution is -2.27. The van der Waals surface area contributed by atoms with Crippen LogP contribution in [0.1, 0.15) is 29.0 Å². The van der Waals surface area contributed by atoms with Crippen molar-refractivity contribution in [2.75, 3.05) is 0 Å². The van der Waals surface area contributed by atoms with E-state index >= 15 is 0 Å². The molecule has 5 heteroatoms. The fourth-order valence-electron chi connectivity index (χ4n) is 2.38. The molecule has 1 N–H and O–H groups in total. The molecule has 0 aliphatic heterocycles. The van der Waals surface area contributed by atoms with Crippen LogP contribution in [0.25, 0.3) is 11.3 Å². The maximum Gasteiger partial charge on any atom is 0.270 e. The number of amides is 1. The summed E-state index contributed by atoms with van der Waals surface area (Å²) in [4.78, 5) is 20.7. The van der Waals surface area contributed by atoms with E-state index in [4.69, 9.17) is 11.6 Å². The van der Waals surface area contributed by atoms with E-state index in [0.717, 1.165) is 11.1 Å². The molecule has 3 aromatic rings. The SMILES string of the molecule is CC(NC(=O)c1cc(-c2cccc(Cl)c2)ncn1)c1ccccc1. The van der Waals surface area contributed by atoms with E-state index in [2.05, 4.69) is 15.3 Å². The van der Waals surface area contributed by atoms with Crippen LogP contribution in [-0.4, -0.2) is 15.9 Å². The fourth-order valence-corrected chi connectivity index (χ4v) is 2.57. The van der Waals surface area contributed by atoms with Crippen molar-refractivity contribution in [3.05, 3.63) is 83.3 Å². The number of nitrogens with zero attached hydrogens (tertiary/aromatic N) is 2. The van der Waals surface area contributed by atoms with Crippen molar-refractivity contribution >= 4 is 17.5 Å². The maximum absolute atomic E-state index is 12.5. The molecule has 1 atom stereocenters. The van der Waals surface area contributed by atoms with Crippen LogP contribution in [0.3, 0.4) is 0 Å². The molecule has 0 radical (unpaired) electrons. The molecule has 2 aromatic carbocycles. The largest absolute Gasteiger partial charge is 0.344 e. The maximum atomic E-state index is 12.5. The van der Waals surface area contributed by atoms with E-state index < -0.39 is 0 Å². The van der Waals surface area contributed by atoms with Gasteiger partial charge in [-0.15, -0.1) is 0 Å². The van der Waals surface area contributed by atoms with Gasteiger partial charge in [-0.3, -0.25) is 4.79 Å². The molecule has 0 bridgehead atoms. The Hall–Kier alpha value is -2.72. The second kappa shape index (κ2) is 7.23. The Morgan fingerprint density at radius 3 is 2.58 bits per heavy atom. The summed E-state index contributed by atoms with van der Waals surface area (Å²) in [5.74, 6) is -0.239. The molecule has 24 heavy (non-hydrogen) atoms. The van der Waals surface area contributed by atoms with Crippen LogP contribution in [-0.2, 0) is 0 Å². The number of nitrogens with one attached hydrogen (secondary N) is 1. The van der Waals surface area contributed by atoms with E-state index in [1.54, 1.807) is 18.2 Å². The Bertz CT molecular complexity index is 852. The van der Waals surface area contributed by atoms with Crippen molar-refractivity contribution in [2.45, 2.75) is 13.0 Å². The van der Waals surface area contributed by atoms with Crippen molar-refractivity contribution in [2.24, 2.45) is 0 Å². The summed E-state index contributed by atoms with van der Waals surface area (Å²) < 4.78 is 0. The van der Waals surface area contributed by atoms with Crippen molar-refractivity contribution < 1.29 is 4.79 Å². The summed E-state index contributed by atoms with van der Waals surface area (Å²) in [5, 5.41) is 3.57. The predicted molar refractivity (Wildman–Crippen MR) is 94.8 cm³/mol. The summed E-state index contributed by atoms with van der Waals surface area (Å²) >= 11 is 6.01. The number of rotatable bonds is 4. The molecule has 0 saturated heterocycles. The predicted octanol–water partition coefficient (Wildman–Crippen LogP) is 4.29. The van der Waals surface area contributed by atoms with Crippen LogP contribution in [0.15, 0.2) is 67.0 Å². The molecule has 0 fully saturated rings. The molecule has 1 unspecified atom stereocenters. The van der Waals surface area contributed by atoms with Crippen LogP contribution in [0.4, 0.5) is 0 Å². The van der Waals surface area contributed by atoms with Crippen LogP contribution in [0, 0.1) is 0 Å². The summed E-state index contributed by atoms with van der Waals surface area (Å²) in [7, 11) is 0. The second-order valence-electron chi connectivity index (χ2n) is 5.40. The Morgan fingerprint density at radius 1 is 1.04 bits per heavy atom. The molecule has 0 aliphatic carbocycles. The zero-order chi connectivity index (χ0) is 16.9. The average molecular weight is 338 g/mol. The lowest BCUT2D eigenvalue weighted by molar-refractivity contribution is 0.0934. The van der Waals surface area contributed by atoms with Crippen molar-refractivity contribution in [1.29, 1.82) is 0 Å². The molecule has 1 heterocycles. The van der Waals surface area contributed by atoms with Gasteiger partial charge < -0.3 is 5.32 Å². The van der Waals surface area contributed by atoms with Gasteiger partial charge in [-0.1, -0.05) is 54.1 Å². The van der Waals surface area contributed by atoms with Crippen LogP contribution in [0.5, 0.6) is 0 Å². The van der Waals surface area contributed by atoms with Crippen LogP contribution < -0.4 is 5.32 Å². The molecule has 1 aromatic heterocycles. The van der Waals surface area contributed by atoms with Gasteiger partial charge in [-0.05, 0) is 30.7 Å². The number of hydrogen-bond donors (Lipinski definition) is 1. The van der Waals surface area contributed by atoms with Gasteiger partial charge in [-0.2, -0.15) is 0 Å². The van der Waals surface area contributed by atoms with Gasteiger partial charge in [0.2, 0.25) is 0 Å². The minimum Gasteiger partial charge on any atom is -0.344 e. The smallest absolute Gasteiger partial charge is 0.270 e. The molecular formula is C19H16ClN3O. The first-order valence-corrected chi connectivity index (χ1v) is 7.95. The third-order valence-corrected chi connectivity index (χ3v) is 3.90. The highest BCUT2D eigenvalue weighted by molar-refractivity contribution is 6.30. The summed E-state index contributed by atoms with van der Waals surface area (Å²) in [6.07, 6.45) is 1.39. The number of carbonyl (C=O) groups is 1. The van der Waals surface area contributed by atoms with E-state index in [-0.39, 0.29) is 11.9 Å². The molecule has 0 saturated carbocycles. The number of hydrogen-bond acceptors (Lipinski definition) is 3. The molecule has 120 valence electrons. The van der Waals surface area contributed by atoms with Gasteiger partial charge in [0.05, 0.1) is 11.7 Å². The highest BCUT2D eigenvalue weighted by Crippen LogP contribution is 2.21. The normalized spacial score (nSPS) is 11.8. The average Bonchev–Trinajstić information content (AvgIpc) is 2.62. The fraction of sp³-hybridized carbons (Fsp3) is 0.105. The zero-order valence-corrected chi connectivity index (χ0v) is 13.9. The first kappa shape index (κ1) is 16.1. The summed E-state index contributed by atoms with van der Waals surface area (Å²) in [5.41, 5.74) is 2.86. The molecule has 4 nitrogen and oxygen atoms in total. The minimum absolute atomic E-state index is 0.108. The highest BCUT2D eigenvalue weighted by Gasteiger charge is 2.13. The molecular weight excluding hydrogens is 322 g/mol. The molecule has 0 aliphatic rings. The summed E-state index contributed by atoms with van der Waals surface area (Å²) in [6, 6.07) is 18.7.